The van der Waals surface area contributed by atoms with Gasteiger partial charge >= 0.3 is 0 Å². The van der Waals surface area contributed by atoms with E-state index in [1.807, 2.05) is 6.92 Å². The van der Waals surface area contributed by atoms with E-state index >= 15 is 0 Å². The fourth-order valence-corrected chi connectivity index (χ4v) is 2.31. The van der Waals surface area contributed by atoms with Crippen molar-refractivity contribution >= 4 is 5.91 Å². The van der Waals surface area contributed by atoms with Crippen molar-refractivity contribution in [2.24, 2.45) is 11.3 Å². The van der Waals surface area contributed by atoms with E-state index in [2.05, 4.69) is 17.6 Å². The molecule has 1 heterocycles. The zero-order chi connectivity index (χ0) is 12.7. The molecule has 1 aliphatic rings. The van der Waals surface area contributed by atoms with Gasteiger partial charge in [0, 0.05) is 33.2 Å². The Bertz CT molecular complexity index is 238. The van der Waals surface area contributed by atoms with Crippen molar-refractivity contribution < 1.29 is 9.53 Å². The SMILES string of the molecule is COCC(C)CC(=O)NCC1(C)CCCNC1. The van der Waals surface area contributed by atoms with Crippen LogP contribution in [0.25, 0.3) is 0 Å². The minimum atomic E-state index is 0.140. The van der Waals surface area contributed by atoms with E-state index in [1.54, 1.807) is 7.11 Å². The van der Waals surface area contributed by atoms with Gasteiger partial charge in [0.05, 0.1) is 0 Å². The molecule has 1 aliphatic heterocycles. The topological polar surface area (TPSA) is 50.4 Å². The fraction of sp³-hybridized carbons (Fsp3) is 0.923. The molecule has 0 aromatic rings. The molecule has 0 saturated carbocycles. The Hall–Kier alpha value is -0.610. The Kier molecular flexibility index (Phi) is 5.92. The van der Waals surface area contributed by atoms with Gasteiger partial charge in [0.15, 0.2) is 0 Å². The van der Waals surface area contributed by atoms with Crippen LogP contribution in [0, 0.1) is 11.3 Å². The first-order valence-electron chi connectivity index (χ1n) is 6.52. The maximum Gasteiger partial charge on any atom is 0.220 e. The molecule has 0 bridgehead atoms. The summed E-state index contributed by atoms with van der Waals surface area (Å²) in [5.41, 5.74) is 0.221. The molecule has 1 saturated heterocycles. The van der Waals surface area contributed by atoms with E-state index < -0.39 is 0 Å². The Labute approximate surface area is 104 Å². The largest absolute Gasteiger partial charge is 0.384 e. The lowest BCUT2D eigenvalue weighted by atomic mass is 9.83. The highest BCUT2D eigenvalue weighted by Crippen LogP contribution is 2.24. The second-order valence-corrected chi connectivity index (χ2v) is 5.63. The molecule has 0 aromatic heterocycles. The second kappa shape index (κ2) is 6.97. The van der Waals surface area contributed by atoms with Gasteiger partial charge in [-0.1, -0.05) is 13.8 Å². The molecule has 2 atom stereocenters. The van der Waals surface area contributed by atoms with Crippen molar-refractivity contribution in [2.75, 3.05) is 33.4 Å². The van der Waals surface area contributed by atoms with Gasteiger partial charge in [0.1, 0.15) is 0 Å². The minimum Gasteiger partial charge on any atom is -0.384 e. The quantitative estimate of drug-likeness (QED) is 0.735. The van der Waals surface area contributed by atoms with Crippen LogP contribution in [0.5, 0.6) is 0 Å². The second-order valence-electron chi connectivity index (χ2n) is 5.63. The molecule has 100 valence electrons. The van der Waals surface area contributed by atoms with Gasteiger partial charge in [-0.3, -0.25) is 4.79 Å². The Morgan fingerprint density at radius 2 is 2.35 bits per heavy atom. The maximum atomic E-state index is 11.7. The monoisotopic (exact) mass is 242 g/mol. The van der Waals surface area contributed by atoms with Crippen LogP contribution in [-0.4, -0.2) is 39.3 Å². The van der Waals surface area contributed by atoms with Crippen LogP contribution in [0.2, 0.25) is 0 Å². The number of carbonyl (C=O) groups is 1. The molecule has 1 amide bonds. The van der Waals surface area contributed by atoms with Crippen LogP contribution in [0.3, 0.4) is 0 Å². The number of hydrogen-bond acceptors (Lipinski definition) is 3. The standard InChI is InChI=1S/C13H26N2O2/c1-11(8-17-3)7-12(16)15-10-13(2)5-4-6-14-9-13/h11,14H,4-10H2,1-3H3,(H,15,16). The summed E-state index contributed by atoms with van der Waals surface area (Å²) in [4.78, 5) is 11.7. The third kappa shape index (κ3) is 5.50. The van der Waals surface area contributed by atoms with E-state index in [1.165, 1.54) is 12.8 Å². The summed E-state index contributed by atoms with van der Waals surface area (Å²) in [6, 6.07) is 0. The van der Waals surface area contributed by atoms with Gasteiger partial charge in [0.25, 0.3) is 0 Å². The van der Waals surface area contributed by atoms with Gasteiger partial charge in [0.2, 0.25) is 5.91 Å². The molecular weight excluding hydrogens is 216 g/mol. The summed E-state index contributed by atoms with van der Waals surface area (Å²) in [5.74, 6) is 0.429. The minimum absolute atomic E-state index is 0.140. The highest BCUT2D eigenvalue weighted by molar-refractivity contribution is 5.76. The molecule has 0 aromatic carbocycles. The lowest BCUT2D eigenvalue weighted by Crippen LogP contribution is -2.45. The van der Waals surface area contributed by atoms with Crippen LogP contribution in [0.15, 0.2) is 0 Å². The van der Waals surface area contributed by atoms with E-state index in [9.17, 15) is 4.79 Å². The summed E-state index contributed by atoms with van der Waals surface area (Å²) in [6.07, 6.45) is 2.94. The van der Waals surface area contributed by atoms with Crippen molar-refractivity contribution in [3.8, 4) is 0 Å². The molecule has 1 fully saturated rings. The zero-order valence-electron chi connectivity index (χ0n) is 11.3. The Morgan fingerprint density at radius 3 is 2.94 bits per heavy atom. The highest BCUT2D eigenvalue weighted by Gasteiger charge is 2.27. The van der Waals surface area contributed by atoms with Crippen LogP contribution >= 0.6 is 0 Å². The van der Waals surface area contributed by atoms with Crippen LogP contribution in [0.4, 0.5) is 0 Å². The molecule has 0 aliphatic carbocycles. The molecular formula is C13H26N2O2. The normalized spacial score (nSPS) is 26.5. The fourth-order valence-electron chi connectivity index (χ4n) is 2.31. The van der Waals surface area contributed by atoms with E-state index in [0.29, 0.717) is 13.0 Å². The van der Waals surface area contributed by atoms with Crippen LogP contribution in [0.1, 0.15) is 33.1 Å². The number of amides is 1. The third-order valence-electron chi connectivity index (χ3n) is 3.38. The van der Waals surface area contributed by atoms with Gasteiger partial charge in [-0.15, -0.1) is 0 Å². The van der Waals surface area contributed by atoms with Crippen LogP contribution < -0.4 is 10.6 Å². The summed E-state index contributed by atoms with van der Waals surface area (Å²) >= 11 is 0. The summed E-state index contributed by atoms with van der Waals surface area (Å²) in [7, 11) is 1.67. The lowest BCUT2D eigenvalue weighted by Gasteiger charge is -2.34. The number of carbonyl (C=O) groups excluding carboxylic acids is 1. The molecule has 0 spiro atoms. The number of methoxy groups -OCH3 is 1. The number of piperidine rings is 1. The Balaban J connectivity index is 2.22. The molecule has 4 heteroatoms. The first kappa shape index (κ1) is 14.5. The number of nitrogens with one attached hydrogen (secondary N) is 2. The molecule has 1 rings (SSSR count). The average molecular weight is 242 g/mol. The number of ether oxygens (including phenoxy) is 1. The zero-order valence-corrected chi connectivity index (χ0v) is 11.3. The first-order valence-corrected chi connectivity index (χ1v) is 6.52. The number of rotatable bonds is 6. The van der Waals surface area contributed by atoms with Gasteiger partial charge < -0.3 is 15.4 Å². The number of hydrogen-bond donors (Lipinski definition) is 2. The van der Waals surface area contributed by atoms with Crippen LogP contribution in [-0.2, 0) is 9.53 Å². The van der Waals surface area contributed by atoms with Crippen molar-refractivity contribution in [1.82, 2.24) is 10.6 Å². The van der Waals surface area contributed by atoms with Crippen molar-refractivity contribution in [3.63, 3.8) is 0 Å². The van der Waals surface area contributed by atoms with Crippen molar-refractivity contribution in [1.29, 1.82) is 0 Å². The van der Waals surface area contributed by atoms with Crippen molar-refractivity contribution in [2.45, 2.75) is 33.1 Å². The predicted molar refractivity (Wildman–Crippen MR) is 68.9 cm³/mol. The first-order chi connectivity index (χ1) is 8.06. The molecule has 17 heavy (non-hydrogen) atoms. The smallest absolute Gasteiger partial charge is 0.220 e. The van der Waals surface area contributed by atoms with Gasteiger partial charge in [-0.05, 0) is 30.7 Å². The summed E-state index contributed by atoms with van der Waals surface area (Å²) < 4.78 is 5.03. The molecule has 2 N–H and O–H groups in total. The summed E-state index contributed by atoms with van der Waals surface area (Å²) in [5, 5.41) is 6.44. The van der Waals surface area contributed by atoms with E-state index in [4.69, 9.17) is 4.74 Å². The molecule has 0 radical (unpaired) electrons. The third-order valence-corrected chi connectivity index (χ3v) is 3.38. The van der Waals surface area contributed by atoms with Gasteiger partial charge in [-0.2, -0.15) is 0 Å². The lowest BCUT2D eigenvalue weighted by molar-refractivity contribution is -0.122. The summed E-state index contributed by atoms with van der Waals surface area (Å²) in [6.45, 7) is 7.80. The van der Waals surface area contributed by atoms with E-state index in [-0.39, 0.29) is 17.2 Å². The Morgan fingerprint density at radius 1 is 1.59 bits per heavy atom. The van der Waals surface area contributed by atoms with E-state index in [0.717, 1.165) is 19.6 Å². The molecule has 4 nitrogen and oxygen atoms in total. The average Bonchev–Trinajstić information content (AvgIpc) is 2.28. The van der Waals surface area contributed by atoms with Crippen molar-refractivity contribution in [3.05, 3.63) is 0 Å². The highest BCUT2D eigenvalue weighted by atomic mass is 16.5. The molecule has 2 unspecified atom stereocenters. The predicted octanol–water partition coefficient (Wildman–Crippen LogP) is 1.16. The van der Waals surface area contributed by atoms with Gasteiger partial charge in [-0.25, -0.2) is 0 Å². The maximum absolute atomic E-state index is 11.7.